The fraction of sp³-hybridized carbons (Fsp3) is 0.250. The molecule has 0 radical (unpaired) electrons. The highest BCUT2D eigenvalue weighted by Crippen LogP contribution is 2.40. The maximum Gasteiger partial charge on any atom is 0.150 e. The Bertz CT molecular complexity index is 707. The molecule has 0 aromatic heterocycles. The summed E-state index contributed by atoms with van der Waals surface area (Å²) in [7, 11) is 0. The molecular weight excluding hydrogens is 264 g/mol. The molecule has 1 aliphatic heterocycles. The van der Waals surface area contributed by atoms with Gasteiger partial charge in [-0.05, 0) is 29.6 Å². The van der Waals surface area contributed by atoms with E-state index in [9.17, 15) is 0 Å². The van der Waals surface area contributed by atoms with Gasteiger partial charge < -0.3 is 10.1 Å². The van der Waals surface area contributed by atoms with E-state index in [1.165, 1.54) is 5.56 Å². The average molecular weight is 280 g/mol. The quantitative estimate of drug-likeness (QED) is 0.521. The molecule has 0 spiro atoms. The summed E-state index contributed by atoms with van der Waals surface area (Å²) in [5.41, 5.74) is 12.8. The molecule has 1 N–H and O–H groups in total. The van der Waals surface area contributed by atoms with Crippen molar-refractivity contribution in [3.05, 3.63) is 58.5 Å². The summed E-state index contributed by atoms with van der Waals surface area (Å²) in [6.45, 7) is 3.05. The van der Waals surface area contributed by atoms with Gasteiger partial charge in [-0.15, -0.1) is 0 Å². The summed E-state index contributed by atoms with van der Waals surface area (Å²) >= 11 is 0. The molecule has 0 fully saturated rings. The van der Waals surface area contributed by atoms with Crippen LogP contribution in [0.2, 0.25) is 0 Å². The van der Waals surface area contributed by atoms with Crippen LogP contribution in [0.5, 0.6) is 5.75 Å². The highest BCUT2D eigenvalue weighted by Gasteiger charge is 2.22. The van der Waals surface area contributed by atoms with Crippen molar-refractivity contribution < 1.29 is 4.74 Å². The molecule has 1 aliphatic rings. The summed E-state index contributed by atoms with van der Waals surface area (Å²) in [6, 6.07) is 14.3. The molecule has 0 bridgehead atoms. The average Bonchev–Trinajstić information content (AvgIpc) is 2.53. The number of para-hydroxylation sites is 1. The highest BCUT2D eigenvalue weighted by molar-refractivity contribution is 5.80. The fourth-order valence-corrected chi connectivity index (χ4v) is 2.55. The van der Waals surface area contributed by atoms with Gasteiger partial charge in [-0.1, -0.05) is 41.5 Å². The smallest absolute Gasteiger partial charge is 0.150 e. The molecule has 0 saturated carbocycles. The van der Waals surface area contributed by atoms with Crippen LogP contribution in [-0.2, 0) is 0 Å². The third-order valence-corrected chi connectivity index (χ3v) is 3.60. The van der Waals surface area contributed by atoms with Crippen molar-refractivity contribution >= 4 is 5.69 Å². The highest BCUT2D eigenvalue weighted by atomic mass is 16.5. The zero-order valence-electron chi connectivity index (χ0n) is 11.8. The van der Waals surface area contributed by atoms with Crippen molar-refractivity contribution in [3.8, 4) is 16.9 Å². The molecular formula is C16H16N4O. The minimum absolute atomic E-state index is 0.140. The number of rotatable bonds is 3. The van der Waals surface area contributed by atoms with Crippen molar-refractivity contribution in [2.45, 2.75) is 13.0 Å². The lowest BCUT2D eigenvalue weighted by Crippen LogP contribution is -2.33. The number of nitrogens with one attached hydrogen (secondary N) is 1. The van der Waals surface area contributed by atoms with E-state index in [0.717, 1.165) is 22.6 Å². The predicted octanol–water partition coefficient (Wildman–Crippen LogP) is 4.15. The first-order chi connectivity index (χ1) is 10.3. The number of nitrogens with zero attached hydrogens (tertiary/aromatic N) is 3. The van der Waals surface area contributed by atoms with Gasteiger partial charge in [0.2, 0.25) is 0 Å². The Morgan fingerprint density at radius 3 is 2.86 bits per heavy atom. The third-order valence-electron chi connectivity index (χ3n) is 3.60. The first kappa shape index (κ1) is 13.3. The van der Waals surface area contributed by atoms with Gasteiger partial charge in [-0.3, -0.25) is 0 Å². The Balaban J connectivity index is 2.01. The lowest BCUT2D eigenvalue weighted by atomic mass is 9.98. The number of azide groups is 1. The molecule has 1 atom stereocenters. The molecule has 0 aliphatic carbocycles. The lowest BCUT2D eigenvalue weighted by Gasteiger charge is -2.28. The van der Waals surface area contributed by atoms with Gasteiger partial charge >= 0.3 is 0 Å². The standard InChI is InChI=1S/C16H16N4O/c1-11-5-2-3-6-13(11)14-7-4-8-15-16(14)21-12(9-18-15)10-19-20-17/h2-8,12,18H,9-10H2,1H3. The van der Waals surface area contributed by atoms with E-state index in [1.54, 1.807) is 0 Å². The zero-order chi connectivity index (χ0) is 14.7. The number of benzene rings is 2. The monoisotopic (exact) mass is 280 g/mol. The van der Waals surface area contributed by atoms with Crippen LogP contribution in [0.1, 0.15) is 5.56 Å². The number of hydrogen-bond donors (Lipinski definition) is 1. The normalized spacial score (nSPS) is 16.1. The summed E-state index contributed by atoms with van der Waals surface area (Å²) < 4.78 is 6.05. The number of fused-ring (bicyclic) bond motifs is 1. The first-order valence-electron chi connectivity index (χ1n) is 6.90. The maximum absolute atomic E-state index is 8.44. The maximum atomic E-state index is 8.44. The summed E-state index contributed by atoms with van der Waals surface area (Å²) in [6.07, 6.45) is -0.140. The molecule has 1 unspecified atom stereocenters. The van der Waals surface area contributed by atoms with E-state index < -0.39 is 0 Å². The van der Waals surface area contributed by atoms with Gasteiger partial charge in [0.1, 0.15) is 6.10 Å². The van der Waals surface area contributed by atoms with Crippen molar-refractivity contribution in [1.82, 2.24) is 0 Å². The minimum atomic E-state index is -0.140. The topological polar surface area (TPSA) is 70.0 Å². The summed E-state index contributed by atoms with van der Waals surface area (Å²) in [5.74, 6) is 0.830. The lowest BCUT2D eigenvalue weighted by molar-refractivity contribution is 0.215. The Hall–Kier alpha value is -2.65. The zero-order valence-corrected chi connectivity index (χ0v) is 11.8. The van der Waals surface area contributed by atoms with E-state index in [4.69, 9.17) is 10.3 Å². The van der Waals surface area contributed by atoms with Crippen molar-refractivity contribution in [1.29, 1.82) is 0 Å². The van der Waals surface area contributed by atoms with Gasteiger partial charge in [-0.2, -0.15) is 0 Å². The Labute approximate surface area is 123 Å². The Morgan fingerprint density at radius 1 is 1.24 bits per heavy atom. The van der Waals surface area contributed by atoms with E-state index in [2.05, 4.69) is 40.5 Å². The number of hydrogen-bond acceptors (Lipinski definition) is 3. The van der Waals surface area contributed by atoms with E-state index in [1.807, 2.05) is 24.3 Å². The Kier molecular flexibility index (Phi) is 3.67. The number of ether oxygens (including phenoxy) is 1. The molecule has 0 amide bonds. The van der Waals surface area contributed by atoms with Gasteiger partial charge in [0.05, 0.1) is 18.8 Å². The summed E-state index contributed by atoms with van der Waals surface area (Å²) in [5, 5.41) is 6.95. The SMILES string of the molecule is Cc1ccccc1-c1cccc2c1OC(CN=[N+]=[N-])CN2. The largest absolute Gasteiger partial charge is 0.486 e. The van der Waals surface area contributed by atoms with Crippen molar-refractivity contribution in [2.24, 2.45) is 5.11 Å². The minimum Gasteiger partial charge on any atom is -0.486 e. The molecule has 2 aromatic carbocycles. The van der Waals surface area contributed by atoms with Crippen LogP contribution in [0, 0.1) is 6.92 Å². The number of aryl methyl sites for hydroxylation is 1. The van der Waals surface area contributed by atoms with Crippen LogP contribution in [0.15, 0.2) is 47.6 Å². The molecule has 106 valence electrons. The molecule has 0 saturated heterocycles. The van der Waals surface area contributed by atoms with Crippen LogP contribution in [-0.4, -0.2) is 19.2 Å². The third kappa shape index (κ3) is 2.64. The van der Waals surface area contributed by atoms with Gasteiger partial charge in [0.15, 0.2) is 5.75 Å². The second-order valence-electron chi connectivity index (χ2n) is 5.03. The van der Waals surface area contributed by atoms with Crippen LogP contribution < -0.4 is 10.1 Å². The van der Waals surface area contributed by atoms with Crippen molar-refractivity contribution in [2.75, 3.05) is 18.4 Å². The predicted molar refractivity (Wildman–Crippen MR) is 83.5 cm³/mol. The fourth-order valence-electron chi connectivity index (χ4n) is 2.55. The molecule has 5 heteroatoms. The molecule has 3 rings (SSSR count). The Morgan fingerprint density at radius 2 is 2.05 bits per heavy atom. The molecule has 2 aromatic rings. The van der Waals surface area contributed by atoms with Crippen LogP contribution in [0.4, 0.5) is 5.69 Å². The van der Waals surface area contributed by atoms with Crippen LogP contribution in [0.25, 0.3) is 21.6 Å². The van der Waals surface area contributed by atoms with Crippen LogP contribution in [0.3, 0.4) is 0 Å². The first-order valence-corrected chi connectivity index (χ1v) is 6.90. The molecule has 21 heavy (non-hydrogen) atoms. The van der Waals surface area contributed by atoms with Crippen LogP contribution >= 0.6 is 0 Å². The van der Waals surface area contributed by atoms with Gasteiger partial charge in [0, 0.05) is 10.5 Å². The van der Waals surface area contributed by atoms with Gasteiger partial charge in [-0.25, -0.2) is 0 Å². The summed E-state index contributed by atoms with van der Waals surface area (Å²) in [4.78, 5) is 2.80. The van der Waals surface area contributed by atoms with E-state index >= 15 is 0 Å². The van der Waals surface area contributed by atoms with Gasteiger partial charge in [0.25, 0.3) is 0 Å². The number of anilines is 1. The molecule has 5 nitrogen and oxygen atoms in total. The van der Waals surface area contributed by atoms with E-state index in [0.29, 0.717) is 13.1 Å². The van der Waals surface area contributed by atoms with Crippen molar-refractivity contribution in [3.63, 3.8) is 0 Å². The van der Waals surface area contributed by atoms with E-state index in [-0.39, 0.29) is 6.10 Å². The second kappa shape index (κ2) is 5.77. The second-order valence-corrected chi connectivity index (χ2v) is 5.03. The molecule has 1 heterocycles.